The lowest BCUT2D eigenvalue weighted by Crippen LogP contribution is -2.54. The number of hydrogen-bond donors (Lipinski definition) is 0. The quantitative estimate of drug-likeness (QED) is 0.0618. The molecule has 4 aromatic rings. The maximum atomic E-state index is 16.1. The highest BCUT2D eigenvalue weighted by atomic mass is 31.2. The Morgan fingerprint density at radius 2 is 0.957 bits per heavy atom. The molecule has 2 bridgehead atoms. The molecule has 0 fully saturated rings. The van der Waals surface area contributed by atoms with Crippen molar-refractivity contribution in [3.63, 3.8) is 0 Å². The largest absolute Gasteiger partial charge is 0.207 e. The van der Waals surface area contributed by atoms with Gasteiger partial charge in [-0.05, 0) is 40.0 Å². The van der Waals surface area contributed by atoms with Gasteiger partial charge in [-0.1, -0.05) is 121 Å². The Morgan fingerprint density at radius 3 is 1.33 bits per heavy atom. The van der Waals surface area contributed by atoms with Crippen molar-refractivity contribution in [1.82, 2.24) is 0 Å². The molecule has 2 aliphatic heterocycles. The van der Waals surface area contributed by atoms with Crippen molar-refractivity contribution in [3.05, 3.63) is 142 Å². The zero-order valence-corrected chi connectivity index (χ0v) is 28.2. The second-order valence-corrected chi connectivity index (χ2v) is 17.5. The molecule has 0 aliphatic carbocycles. The Labute approximate surface area is 269 Å². The van der Waals surface area contributed by atoms with E-state index in [1.165, 1.54) is 22.0 Å². The lowest BCUT2D eigenvalue weighted by molar-refractivity contribution is 0.383. The van der Waals surface area contributed by atoms with Crippen LogP contribution in [-0.2, 0) is 0 Å². The Balaban J connectivity index is 1.86. The molecular weight excluding hydrogens is 605 g/mol. The Morgan fingerprint density at radius 1 is 0.565 bits per heavy atom. The Kier molecular flexibility index (Phi) is 8.21. The van der Waals surface area contributed by atoms with E-state index in [1.54, 1.807) is 0 Å². The van der Waals surface area contributed by atoms with Crippen LogP contribution in [0, 0.1) is 29.1 Å². The van der Waals surface area contributed by atoms with Crippen LogP contribution in [0.2, 0.25) is 0 Å². The summed E-state index contributed by atoms with van der Waals surface area (Å²) in [6.45, 7) is 15.0. The van der Waals surface area contributed by atoms with Gasteiger partial charge in [-0.2, -0.15) is 12.0 Å². The predicted octanol–water partition coefficient (Wildman–Crippen LogP) is 10.9. The van der Waals surface area contributed by atoms with Crippen LogP contribution in [0.4, 0.5) is 22.0 Å². The molecule has 4 aromatic carbocycles. The van der Waals surface area contributed by atoms with Crippen molar-refractivity contribution in [2.24, 2.45) is 0 Å². The first-order chi connectivity index (χ1) is 21.8. The van der Waals surface area contributed by atoms with Gasteiger partial charge in [0.1, 0.15) is 23.1 Å². The molecule has 0 unspecified atom stereocenters. The summed E-state index contributed by atoms with van der Waals surface area (Å²) in [6.07, 6.45) is -2.56. The van der Waals surface area contributed by atoms with Crippen LogP contribution in [0.1, 0.15) is 94.0 Å². The fraction of sp³-hybridized carbons (Fsp3) is 0.282. The average Bonchev–Trinajstić information content (AvgIpc) is 3.45. The number of benzene rings is 4. The lowest BCUT2D eigenvalue weighted by Gasteiger charge is -2.39. The van der Waals surface area contributed by atoms with E-state index in [9.17, 15) is 4.39 Å². The fourth-order valence-corrected chi connectivity index (χ4v) is 14.7. The summed E-state index contributed by atoms with van der Waals surface area (Å²) in [7, 11) is -2.83. The molecule has 6 rings (SSSR count). The van der Waals surface area contributed by atoms with Crippen molar-refractivity contribution in [1.29, 1.82) is 0 Å². The third-order valence-electron chi connectivity index (χ3n) is 10.4. The van der Waals surface area contributed by atoms with Crippen molar-refractivity contribution >= 4 is 34.8 Å². The minimum Gasteiger partial charge on any atom is -0.207 e. The van der Waals surface area contributed by atoms with E-state index in [0.29, 0.717) is 0 Å². The standard InChI is InChI=1S/C39H39BF5P/c1-22(2)28-18-29(23(3)4)39(30(19-28)24(5)6)46-25(7)40(20-31(46)26-14-10-8-11-15-26,21-32(46)27-16-12-9-13-17-27)33-34(41)36(43)38(45)37(44)35(33)42/h8-25H,1-7H3/t25-,40?,46?/m0/s1. The molecule has 0 saturated heterocycles. The fourth-order valence-electron chi connectivity index (χ4n) is 8.08. The minimum atomic E-state index is -2.83. The molecule has 0 radical (unpaired) electrons. The number of hydrogen-bond acceptors (Lipinski definition) is 0. The highest BCUT2D eigenvalue weighted by Gasteiger charge is 2.67. The normalized spacial score (nSPS) is 22.3. The van der Waals surface area contributed by atoms with Crippen molar-refractivity contribution in [3.8, 4) is 0 Å². The van der Waals surface area contributed by atoms with Crippen LogP contribution in [-0.4, -0.2) is 11.7 Å². The van der Waals surface area contributed by atoms with Crippen molar-refractivity contribution in [2.45, 2.75) is 71.8 Å². The first-order valence-electron chi connectivity index (χ1n) is 16.1. The van der Waals surface area contributed by atoms with Crippen LogP contribution < -0.4 is 10.8 Å². The monoisotopic (exact) mass is 644 g/mol. The maximum absolute atomic E-state index is 16.1. The van der Waals surface area contributed by atoms with E-state index in [0.717, 1.165) is 21.8 Å². The zero-order chi connectivity index (χ0) is 33.3. The van der Waals surface area contributed by atoms with Crippen molar-refractivity contribution in [2.75, 3.05) is 0 Å². The van der Waals surface area contributed by atoms with Crippen molar-refractivity contribution < 1.29 is 22.0 Å². The van der Waals surface area contributed by atoms with Crippen LogP contribution in [0.15, 0.2) is 84.7 Å². The molecule has 0 N–H and O–H groups in total. The second-order valence-electron chi connectivity index (χ2n) is 13.9. The third kappa shape index (κ3) is 4.50. The van der Waals surface area contributed by atoms with Crippen LogP contribution >= 0.6 is 7.26 Å². The van der Waals surface area contributed by atoms with Gasteiger partial charge in [0.25, 0.3) is 0 Å². The van der Waals surface area contributed by atoms with E-state index >= 15 is 17.6 Å². The average molecular weight is 645 g/mol. The molecule has 7 heteroatoms. The number of rotatable bonds is 7. The van der Waals surface area contributed by atoms with Gasteiger partial charge < -0.3 is 0 Å². The number of fused-ring (bicyclic) bond motifs is 2. The third-order valence-corrected chi connectivity index (χ3v) is 15.6. The smallest absolute Gasteiger partial charge is 0.200 e. The molecule has 0 aromatic heterocycles. The van der Waals surface area contributed by atoms with Gasteiger partial charge in [-0.15, -0.1) is 5.46 Å². The van der Waals surface area contributed by atoms with Gasteiger partial charge in [0.2, 0.25) is 0 Å². The summed E-state index contributed by atoms with van der Waals surface area (Å²) in [5.41, 5.74) is 4.15. The molecule has 0 saturated carbocycles. The van der Waals surface area contributed by atoms with E-state index in [-0.39, 0.29) is 17.8 Å². The van der Waals surface area contributed by atoms with E-state index in [4.69, 9.17) is 0 Å². The molecule has 238 valence electrons. The van der Waals surface area contributed by atoms with Gasteiger partial charge in [-0.3, -0.25) is 0 Å². The predicted molar refractivity (Wildman–Crippen MR) is 185 cm³/mol. The summed E-state index contributed by atoms with van der Waals surface area (Å²) in [5, 5.41) is 3.05. The number of halogens is 5. The molecule has 2 aliphatic rings. The van der Waals surface area contributed by atoms with E-state index in [1.807, 2.05) is 79.5 Å². The molecule has 0 amide bonds. The summed E-state index contributed by atoms with van der Waals surface area (Å²) >= 11 is 0. The molecule has 46 heavy (non-hydrogen) atoms. The highest BCUT2D eigenvalue weighted by molar-refractivity contribution is 8.04. The second kappa shape index (κ2) is 11.6. The zero-order valence-electron chi connectivity index (χ0n) is 27.3. The Bertz CT molecular complexity index is 1780. The maximum Gasteiger partial charge on any atom is 0.200 e. The highest BCUT2D eigenvalue weighted by Crippen LogP contribution is 2.87. The van der Waals surface area contributed by atoms with Crippen LogP contribution in [0.25, 0.3) is 10.6 Å². The first kappa shape index (κ1) is 32.4. The first-order valence-corrected chi connectivity index (χ1v) is 18.0. The lowest BCUT2D eigenvalue weighted by atomic mass is 9.20. The molecule has 0 spiro atoms. The molecule has 2 heterocycles. The SMILES string of the molecule is CC(C)c1cc(C(C)C)c([P+]23C(c4ccccc4)=C[B-](c4c(F)c(F)c(F)c(F)c4F)(C=C2c2ccccc2)[C@@H]3C)c(C(C)C)c1. The van der Waals surface area contributed by atoms with Gasteiger partial charge in [0.15, 0.2) is 17.5 Å². The summed E-state index contributed by atoms with van der Waals surface area (Å²) in [5.74, 6) is -5.17. The Hall–Kier alpha value is -3.50. The minimum absolute atomic E-state index is 0.110. The topological polar surface area (TPSA) is 0 Å². The molecular formula is C39H39BF5P. The summed E-state index contributed by atoms with van der Waals surface area (Å²) < 4.78 is 76.7. The van der Waals surface area contributed by atoms with Gasteiger partial charge >= 0.3 is 0 Å². The van der Waals surface area contributed by atoms with Crippen LogP contribution in [0.5, 0.6) is 0 Å². The molecule has 1 atom stereocenters. The van der Waals surface area contributed by atoms with Gasteiger partial charge in [0, 0.05) is 11.1 Å². The van der Waals surface area contributed by atoms with E-state index in [2.05, 4.69) is 53.7 Å². The van der Waals surface area contributed by atoms with Crippen LogP contribution in [0.3, 0.4) is 0 Å². The van der Waals surface area contributed by atoms with Gasteiger partial charge in [-0.25, -0.2) is 22.0 Å². The van der Waals surface area contributed by atoms with E-state index < -0.39 is 53.5 Å². The summed E-state index contributed by atoms with van der Waals surface area (Å²) in [6, 6.07) is 24.1. The van der Waals surface area contributed by atoms with Gasteiger partial charge in [0.05, 0.1) is 17.9 Å². The summed E-state index contributed by atoms with van der Waals surface area (Å²) in [4.78, 5) is 0. The molecule has 0 nitrogen and oxygen atoms in total.